The Morgan fingerprint density at radius 3 is 2.78 bits per heavy atom. The zero-order chi connectivity index (χ0) is 13.0. The van der Waals surface area contributed by atoms with Crippen LogP contribution in [0, 0.1) is 11.2 Å². The van der Waals surface area contributed by atoms with E-state index in [9.17, 15) is 9.18 Å². The minimum absolute atomic E-state index is 0.111. The van der Waals surface area contributed by atoms with E-state index in [1.807, 2.05) is 0 Å². The van der Waals surface area contributed by atoms with Gasteiger partial charge in [-0.2, -0.15) is 0 Å². The molecule has 0 aromatic heterocycles. The summed E-state index contributed by atoms with van der Waals surface area (Å²) in [4.78, 5) is 11.8. The Bertz CT molecular complexity index is 430. The highest BCUT2D eigenvalue weighted by Crippen LogP contribution is 2.48. The van der Waals surface area contributed by atoms with Crippen LogP contribution in [-0.4, -0.2) is 26.2 Å². The molecule has 1 aliphatic carbocycles. The lowest BCUT2D eigenvalue weighted by Crippen LogP contribution is -2.31. The Kier molecular flexibility index (Phi) is 3.97. The first-order valence-electron chi connectivity index (χ1n) is 6.19. The molecule has 1 N–H and O–H groups in total. The topological polar surface area (TPSA) is 38.3 Å². The van der Waals surface area contributed by atoms with Crippen molar-refractivity contribution in [1.29, 1.82) is 0 Å². The first kappa shape index (κ1) is 13.0. The number of hydrogen-bond donors (Lipinski definition) is 1. The standard InChI is InChI=1S/C14H18FNO2/c1-18-9-8-14(6-7-14)10-16-13(17)11-4-2-3-5-12(11)15/h2-5H,6-10H2,1H3,(H,16,17). The molecule has 18 heavy (non-hydrogen) atoms. The van der Waals surface area contributed by atoms with Crippen molar-refractivity contribution >= 4 is 5.91 Å². The lowest BCUT2D eigenvalue weighted by Gasteiger charge is -2.15. The molecule has 0 heterocycles. The van der Waals surface area contributed by atoms with Crippen molar-refractivity contribution in [2.24, 2.45) is 5.41 Å². The Balaban J connectivity index is 1.87. The number of rotatable bonds is 6. The van der Waals surface area contributed by atoms with Crippen molar-refractivity contribution in [3.63, 3.8) is 0 Å². The van der Waals surface area contributed by atoms with Crippen LogP contribution in [0.2, 0.25) is 0 Å². The maximum absolute atomic E-state index is 13.4. The monoisotopic (exact) mass is 251 g/mol. The van der Waals surface area contributed by atoms with E-state index >= 15 is 0 Å². The van der Waals surface area contributed by atoms with Crippen LogP contribution in [0.5, 0.6) is 0 Å². The largest absolute Gasteiger partial charge is 0.385 e. The zero-order valence-electron chi connectivity index (χ0n) is 10.5. The van der Waals surface area contributed by atoms with E-state index in [0.717, 1.165) is 19.3 Å². The molecule has 0 bridgehead atoms. The Morgan fingerprint density at radius 2 is 2.17 bits per heavy atom. The van der Waals surface area contributed by atoms with Crippen molar-refractivity contribution in [1.82, 2.24) is 5.32 Å². The number of amides is 1. The molecule has 0 unspecified atom stereocenters. The second-order valence-corrected chi connectivity index (χ2v) is 4.91. The molecule has 1 aliphatic rings. The number of carbonyl (C=O) groups is 1. The number of nitrogens with one attached hydrogen (secondary N) is 1. The summed E-state index contributed by atoms with van der Waals surface area (Å²) in [7, 11) is 1.67. The van der Waals surface area contributed by atoms with Crippen LogP contribution in [0.3, 0.4) is 0 Å². The maximum Gasteiger partial charge on any atom is 0.254 e. The Hall–Kier alpha value is -1.42. The fourth-order valence-electron chi connectivity index (χ4n) is 2.02. The van der Waals surface area contributed by atoms with E-state index in [4.69, 9.17) is 4.74 Å². The quantitative estimate of drug-likeness (QED) is 0.843. The van der Waals surface area contributed by atoms with Crippen molar-refractivity contribution in [3.05, 3.63) is 35.6 Å². The summed E-state index contributed by atoms with van der Waals surface area (Å²) in [6.07, 6.45) is 3.16. The van der Waals surface area contributed by atoms with Gasteiger partial charge in [-0.25, -0.2) is 4.39 Å². The highest BCUT2D eigenvalue weighted by Gasteiger charge is 2.42. The molecular formula is C14H18FNO2. The average molecular weight is 251 g/mol. The molecule has 98 valence electrons. The van der Waals surface area contributed by atoms with E-state index < -0.39 is 5.82 Å². The summed E-state index contributed by atoms with van der Waals surface area (Å²) in [5.41, 5.74) is 0.289. The third kappa shape index (κ3) is 3.07. The number of carbonyl (C=O) groups excluding carboxylic acids is 1. The summed E-state index contributed by atoms with van der Waals surface area (Å²) < 4.78 is 18.5. The third-order valence-electron chi connectivity index (χ3n) is 3.54. The summed E-state index contributed by atoms with van der Waals surface area (Å²) in [6, 6.07) is 6.04. The average Bonchev–Trinajstić information content (AvgIpc) is 3.15. The van der Waals surface area contributed by atoms with Crippen LogP contribution in [0.25, 0.3) is 0 Å². The highest BCUT2D eigenvalue weighted by atomic mass is 19.1. The first-order chi connectivity index (χ1) is 8.67. The van der Waals surface area contributed by atoms with Gasteiger partial charge in [0, 0.05) is 20.3 Å². The van der Waals surface area contributed by atoms with Gasteiger partial charge in [-0.15, -0.1) is 0 Å². The van der Waals surface area contributed by atoms with Crippen molar-refractivity contribution in [2.45, 2.75) is 19.3 Å². The number of methoxy groups -OCH3 is 1. The van der Waals surface area contributed by atoms with E-state index in [1.165, 1.54) is 12.1 Å². The van der Waals surface area contributed by atoms with Crippen LogP contribution in [-0.2, 0) is 4.74 Å². The lowest BCUT2D eigenvalue weighted by atomic mass is 10.0. The molecular weight excluding hydrogens is 233 g/mol. The second-order valence-electron chi connectivity index (χ2n) is 4.91. The van der Waals surface area contributed by atoms with Gasteiger partial charge in [-0.1, -0.05) is 12.1 Å². The number of benzene rings is 1. The van der Waals surface area contributed by atoms with Crippen molar-refractivity contribution in [2.75, 3.05) is 20.3 Å². The molecule has 1 fully saturated rings. The number of hydrogen-bond acceptors (Lipinski definition) is 2. The van der Waals surface area contributed by atoms with Crippen molar-refractivity contribution < 1.29 is 13.9 Å². The van der Waals surface area contributed by atoms with Gasteiger partial charge in [0.15, 0.2) is 0 Å². The Labute approximate surface area is 106 Å². The van der Waals surface area contributed by atoms with E-state index in [-0.39, 0.29) is 16.9 Å². The minimum atomic E-state index is -0.475. The SMILES string of the molecule is COCCC1(CNC(=O)c2ccccc2F)CC1. The van der Waals surface area contributed by atoms with Crippen LogP contribution in [0.4, 0.5) is 4.39 Å². The van der Waals surface area contributed by atoms with Gasteiger partial charge in [0.1, 0.15) is 5.82 Å². The van der Waals surface area contributed by atoms with Gasteiger partial charge in [-0.3, -0.25) is 4.79 Å². The molecule has 4 heteroatoms. The molecule has 3 nitrogen and oxygen atoms in total. The van der Waals surface area contributed by atoms with E-state index in [2.05, 4.69) is 5.32 Å². The van der Waals surface area contributed by atoms with Crippen LogP contribution < -0.4 is 5.32 Å². The smallest absolute Gasteiger partial charge is 0.254 e. The highest BCUT2D eigenvalue weighted by molar-refractivity contribution is 5.94. The first-order valence-corrected chi connectivity index (χ1v) is 6.19. The molecule has 0 saturated heterocycles. The second kappa shape index (κ2) is 5.48. The number of halogens is 1. The van der Waals surface area contributed by atoms with Crippen LogP contribution in [0.1, 0.15) is 29.6 Å². The van der Waals surface area contributed by atoms with Crippen molar-refractivity contribution in [3.8, 4) is 0 Å². The lowest BCUT2D eigenvalue weighted by molar-refractivity contribution is 0.0934. The molecule has 1 aromatic carbocycles. The normalized spacial score (nSPS) is 16.3. The van der Waals surface area contributed by atoms with Gasteiger partial charge in [0.2, 0.25) is 0 Å². The van der Waals surface area contributed by atoms with Gasteiger partial charge >= 0.3 is 0 Å². The van der Waals surface area contributed by atoms with Gasteiger partial charge in [0.05, 0.1) is 5.56 Å². The van der Waals surface area contributed by atoms with E-state index in [0.29, 0.717) is 13.2 Å². The fraction of sp³-hybridized carbons (Fsp3) is 0.500. The molecule has 0 atom stereocenters. The van der Waals surface area contributed by atoms with Crippen LogP contribution in [0.15, 0.2) is 24.3 Å². The molecule has 1 saturated carbocycles. The van der Waals surface area contributed by atoms with E-state index in [1.54, 1.807) is 19.2 Å². The molecule has 2 rings (SSSR count). The fourth-order valence-corrected chi connectivity index (χ4v) is 2.02. The summed E-state index contributed by atoms with van der Waals surface area (Å²) in [5, 5.41) is 2.82. The van der Waals surface area contributed by atoms with Gasteiger partial charge in [-0.05, 0) is 36.8 Å². The maximum atomic E-state index is 13.4. The zero-order valence-corrected chi connectivity index (χ0v) is 10.5. The van der Waals surface area contributed by atoms with Gasteiger partial charge in [0.25, 0.3) is 5.91 Å². The predicted octanol–water partition coefficient (Wildman–Crippen LogP) is 2.37. The summed E-state index contributed by atoms with van der Waals surface area (Å²) in [5.74, 6) is -0.812. The third-order valence-corrected chi connectivity index (χ3v) is 3.54. The minimum Gasteiger partial charge on any atom is -0.385 e. The Morgan fingerprint density at radius 1 is 1.44 bits per heavy atom. The molecule has 1 aromatic rings. The predicted molar refractivity (Wildman–Crippen MR) is 66.9 cm³/mol. The summed E-state index contributed by atoms with van der Waals surface area (Å²) >= 11 is 0. The summed E-state index contributed by atoms with van der Waals surface area (Å²) in [6.45, 7) is 1.30. The molecule has 1 amide bonds. The van der Waals surface area contributed by atoms with Gasteiger partial charge < -0.3 is 10.1 Å². The molecule has 0 aliphatic heterocycles. The van der Waals surface area contributed by atoms with Crippen LogP contribution >= 0.6 is 0 Å². The molecule has 0 radical (unpaired) electrons. The number of ether oxygens (including phenoxy) is 1. The molecule has 0 spiro atoms.